The van der Waals surface area contributed by atoms with Crippen LogP contribution >= 0.6 is 11.6 Å². The molecule has 4 nitrogen and oxygen atoms in total. The van der Waals surface area contributed by atoms with E-state index in [0.29, 0.717) is 19.3 Å². The standard InChI is InChI=1S/C14H18ClNO3/c1-11-6-2-3-7-12(11)16(10-15)13(17)8-4-5-9-14(18)19/h2-3,6-7H,4-5,8-10H2,1H3,(H,18,19). The summed E-state index contributed by atoms with van der Waals surface area (Å²) >= 11 is 5.84. The van der Waals surface area contributed by atoms with Gasteiger partial charge in [-0.1, -0.05) is 18.2 Å². The van der Waals surface area contributed by atoms with Gasteiger partial charge in [0.25, 0.3) is 0 Å². The van der Waals surface area contributed by atoms with Crippen molar-refractivity contribution in [3.05, 3.63) is 29.8 Å². The third kappa shape index (κ3) is 4.91. The molecule has 1 aromatic rings. The van der Waals surface area contributed by atoms with Crippen LogP contribution in [0.5, 0.6) is 0 Å². The molecule has 0 saturated heterocycles. The first-order valence-corrected chi connectivity index (χ1v) is 6.73. The molecule has 0 atom stereocenters. The number of para-hydroxylation sites is 1. The number of halogens is 1. The van der Waals surface area contributed by atoms with Gasteiger partial charge in [0.1, 0.15) is 6.00 Å². The number of carbonyl (C=O) groups excluding carboxylic acids is 1. The minimum Gasteiger partial charge on any atom is -0.481 e. The quantitative estimate of drug-likeness (QED) is 0.475. The number of amides is 1. The fraction of sp³-hybridized carbons (Fsp3) is 0.429. The summed E-state index contributed by atoms with van der Waals surface area (Å²) in [7, 11) is 0. The monoisotopic (exact) mass is 283 g/mol. The summed E-state index contributed by atoms with van der Waals surface area (Å²) in [6.45, 7) is 1.92. The minimum absolute atomic E-state index is 0.0744. The summed E-state index contributed by atoms with van der Waals surface area (Å²) in [6.07, 6.45) is 1.47. The highest BCUT2D eigenvalue weighted by molar-refractivity contribution is 6.21. The molecule has 0 unspecified atom stereocenters. The maximum atomic E-state index is 12.1. The molecular weight excluding hydrogens is 266 g/mol. The van der Waals surface area contributed by atoms with Crippen LogP contribution in [-0.2, 0) is 9.59 Å². The van der Waals surface area contributed by atoms with Crippen molar-refractivity contribution in [3.8, 4) is 0 Å². The number of unbranched alkanes of at least 4 members (excludes halogenated alkanes) is 1. The molecule has 0 heterocycles. The van der Waals surface area contributed by atoms with Crippen LogP contribution in [0.15, 0.2) is 24.3 Å². The summed E-state index contributed by atoms with van der Waals surface area (Å²) in [4.78, 5) is 24.0. The molecule has 0 saturated carbocycles. The zero-order valence-corrected chi connectivity index (χ0v) is 11.7. The Hall–Kier alpha value is -1.55. The Kier molecular flexibility index (Phi) is 6.36. The molecule has 5 heteroatoms. The average Bonchev–Trinajstić information content (AvgIpc) is 2.37. The Morgan fingerprint density at radius 1 is 1.21 bits per heavy atom. The molecule has 1 aromatic carbocycles. The lowest BCUT2D eigenvalue weighted by molar-refractivity contribution is -0.137. The van der Waals surface area contributed by atoms with Crippen LogP contribution in [0, 0.1) is 6.92 Å². The van der Waals surface area contributed by atoms with Crippen molar-refractivity contribution >= 4 is 29.2 Å². The van der Waals surface area contributed by atoms with E-state index in [1.807, 2.05) is 31.2 Å². The van der Waals surface area contributed by atoms with Crippen molar-refractivity contribution in [3.63, 3.8) is 0 Å². The first kappa shape index (κ1) is 15.5. The summed E-state index contributed by atoms with van der Waals surface area (Å²) in [5.41, 5.74) is 1.79. The fourth-order valence-corrected chi connectivity index (χ4v) is 2.08. The van der Waals surface area contributed by atoms with Gasteiger partial charge in [0.2, 0.25) is 5.91 Å². The largest absolute Gasteiger partial charge is 0.481 e. The lowest BCUT2D eigenvalue weighted by Crippen LogP contribution is -2.30. The lowest BCUT2D eigenvalue weighted by atomic mass is 10.1. The number of nitrogens with zero attached hydrogens (tertiary/aromatic N) is 1. The van der Waals surface area contributed by atoms with Gasteiger partial charge in [0.05, 0.1) is 0 Å². The highest BCUT2D eigenvalue weighted by Crippen LogP contribution is 2.21. The molecule has 1 amide bonds. The predicted molar refractivity (Wildman–Crippen MR) is 75.5 cm³/mol. The van der Waals surface area contributed by atoms with E-state index in [4.69, 9.17) is 16.7 Å². The Balaban J connectivity index is 2.58. The first-order valence-electron chi connectivity index (χ1n) is 6.20. The average molecular weight is 284 g/mol. The van der Waals surface area contributed by atoms with Gasteiger partial charge in [-0.15, -0.1) is 11.6 Å². The van der Waals surface area contributed by atoms with E-state index in [0.717, 1.165) is 11.3 Å². The maximum Gasteiger partial charge on any atom is 0.303 e. The van der Waals surface area contributed by atoms with Crippen molar-refractivity contribution in [2.45, 2.75) is 32.6 Å². The van der Waals surface area contributed by atoms with Gasteiger partial charge in [-0.3, -0.25) is 14.5 Å². The van der Waals surface area contributed by atoms with Gasteiger partial charge in [0, 0.05) is 18.5 Å². The van der Waals surface area contributed by atoms with Crippen molar-refractivity contribution in [1.82, 2.24) is 0 Å². The number of carbonyl (C=O) groups is 2. The van der Waals surface area contributed by atoms with Crippen LogP contribution in [0.25, 0.3) is 0 Å². The number of benzene rings is 1. The molecular formula is C14H18ClNO3. The van der Waals surface area contributed by atoms with Crippen LogP contribution in [0.3, 0.4) is 0 Å². The normalized spacial score (nSPS) is 10.2. The van der Waals surface area contributed by atoms with Gasteiger partial charge >= 0.3 is 5.97 Å². The van der Waals surface area contributed by atoms with Gasteiger partial charge in [0.15, 0.2) is 0 Å². The van der Waals surface area contributed by atoms with Crippen molar-refractivity contribution in [2.75, 3.05) is 10.9 Å². The Morgan fingerprint density at radius 2 is 1.84 bits per heavy atom. The van der Waals surface area contributed by atoms with Gasteiger partial charge in [-0.25, -0.2) is 0 Å². The highest BCUT2D eigenvalue weighted by atomic mass is 35.5. The van der Waals surface area contributed by atoms with Crippen molar-refractivity contribution in [1.29, 1.82) is 0 Å². The Labute approximate surface area is 118 Å². The zero-order valence-electron chi connectivity index (χ0n) is 10.9. The summed E-state index contributed by atoms with van der Waals surface area (Å²) in [5.74, 6) is -0.907. The molecule has 1 rings (SSSR count). The molecule has 0 aliphatic rings. The number of carboxylic acids is 1. The summed E-state index contributed by atoms with van der Waals surface area (Å²) < 4.78 is 0. The topological polar surface area (TPSA) is 57.6 Å². The molecule has 0 radical (unpaired) electrons. The van der Waals surface area contributed by atoms with Gasteiger partial charge < -0.3 is 5.11 Å². The Bertz CT molecular complexity index is 448. The number of hydrogen-bond acceptors (Lipinski definition) is 2. The van der Waals surface area contributed by atoms with Gasteiger partial charge in [-0.05, 0) is 31.4 Å². The predicted octanol–water partition coefficient (Wildman–Crippen LogP) is 3.17. The van der Waals surface area contributed by atoms with Crippen LogP contribution in [-0.4, -0.2) is 23.0 Å². The molecule has 0 aliphatic carbocycles. The van der Waals surface area contributed by atoms with Gasteiger partial charge in [-0.2, -0.15) is 0 Å². The number of rotatable bonds is 7. The van der Waals surface area contributed by atoms with E-state index in [2.05, 4.69) is 0 Å². The number of hydrogen-bond donors (Lipinski definition) is 1. The molecule has 0 aromatic heterocycles. The summed E-state index contributed by atoms with van der Waals surface area (Å²) in [6, 6.07) is 7.64. The number of aliphatic carboxylic acids is 1. The molecule has 104 valence electrons. The molecule has 19 heavy (non-hydrogen) atoms. The number of alkyl halides is 1. The minimum atomic E-state index is -0.833. The molecule has 0 aliphatic heterocycles. The van der Waals surface area contributed by atoms with E-state index < -0.39 is 5.97 Å². The zero-order chi connectivity index (χ0) is 14.3. The molecule has 0 fully saturated rings. The van der Waals surface area contributed by atoms with E-state index in [9.17, 15) is 9.59 Å². The molecule has 0 spiro atoms. The number of anilines is 1. The second-order valence-corrected chi connectivity index (χ2v) is 4.57. The molecule has 1 N–H and O–H groups in total. The Morgan fingerprint density at radius 3 is 2.42 bits per heavy atom. The second-order valence-electron chi connectivity index (χ2n) is 4.33. The van der Waals surface area contributed by atoms with Crippen LogP contribution in [0.1, 0.15) is 31.2 Å². The van der Waals surface area contributed by atoms with Crippen LogP contribution < -0.4 is 4.90 Å². The highest BCUT2D eigenvalue weighted by Gasteiger charge is 2.15. The van der Waals surface area contributed by atoms with Crippen molar-refractivity contribution in [2.24, 2.45) is 0 Å². The smallest absolute Gasteiger partial charge is 0.303 e. The molecule has 0 bridgehead atoms. The van der Waals surface area contributed by atoms with E-state index in [1.165, 1.54) is 4.90 Å². The third-order valence-electron chi connectivity index (χ3n) is 2.86. The SMILES string of the molecule is Cc1ccccc1N(CCl)C(=O)CCCCC(=O)O. The second kappa shape index (κ2) is 7.79. The van der Waals surface area contributed by atoms with Crippen LogP contribution in [0.2, 0.25) is 0 Å². The summed E-state index contributed by atoms with van der Waals surface area (Å²) in [5, 5.41) is 8.53. The maximum absolute atomic E-state index is 12.1. The number of aryl methyl sites for hydroxylation is 1. The van der Waals surface area contributed by atoms with E-state index in [1.54, 1.807) is 0 Å². The third-order valence-corrected chi connectivity index (χ3v) is 3.10. The fourth-order valence-electron chi connectivity index (χ4n) is 1.82. The van der Waals surface area contributed by atoms with E-state index in [-0.39, 0.29) is 18.3 Å². The van der Waals surface area contributed by atoms with E-state index >= 15 is 0 Å². The first-order chi connectivity index (χ1) is 9.06. The van der Waals surface area contributed by atoms with Crippen molar-refractivity contribution < 1.29 is 14.7 Å². The number of carboxylic acid groups (broad SMARTS) is 1. The van der Waals surface area contributed by atoms with Crippen LogP contribution in [0.4, 0.5) is 5.69 Å². The lowest BCUT2D eigenvalue weighted by Gasteiger charge is -2.21.